The predicted octanol–water partition coefficient (Wildman–Crippen LogP) is 1.14. The van der Waals surface area contributed by atoms with Crippen LogP contribution in [0.4, 0.5) is 0 Å². The number of hydrogen-bond donors (Lipinski definition) is 2. The fourth-order valence-electron chi connectivity index (χ4n) is 1.87. The first-order valence-corrected chi connectivity index (χ1v) is 6.26. The van der Waals surface area contributed by atoms with Gasteiger partial charge in [-0.3, -0.25) is 14.4 Å². The maximum absolute atomic E-state index is 11.6. The van der Waals surface area contributed by atoms with Gasteiger partial charge >= 0.3 is 0 Å². The van der Waals surface area contributed by atoms with Crippen molar-refractivity contribution in [3.63, 3.8) is 0 Å². The molecule has 0 radical (unpaired) electrons. The SMILES string of the molecule is CC(C)NC(=O)C(C)ONC(=O)C1CCCC1. The first-order chi connectivity index (χ1) is 8.00. The van der Waals surface area contributed by atoms with Gasteiger partial charge in [0, 0.05) is 12.0 Å². The van der Waals surface area contributed by atoms with Crippen molar-refractivity contribution in [1.29, 1.82) is 0 Å². The van der Waals surface area contributed by atoms with Crippen molar-refractivity contribution in [3.05, 3.63) is 0 Å². The molecule has 1 aliphatic rings. The normalized spacial score (nSPS) is 18.1. The molecule has 0 heterocycles. The first kappa shape index (κ1) is 14.0. The van der Waals surface area contributed by atoms with Crippen LogP contribution in [0.25, 0.3) is 0 Å². The zero-order valence-electron chi connectivity index (χ0n) is 10.8. The van der Waals surface area contributed by atoms with Gasteiger partial charge in [-0.25, -0.2) is 5.48 Å². The molecule has 2 N–H and O–H groups in total. The van der Waals surface area contributed by atoms with E-state index in [9.17, 15) is 9.59 Å². The summed E-state index contributed by atoms with van der Waals surface area (Å²) in [6.07, 6.45) is 3.37. The fraction of sp³-hybridized carbons (Fsp3) is 0.833. The summed E-state index contributed by atoms with van der Waals surface area (Å²) >= 11 is 0. The zero-order chi connectivity index (χ0) is 12.8. The van der Waals surface area contributed by atoms with E-state index in [0.29, 0.717) is 0 Å². The molecule has 1 fully saturated rings. The molecule has 1 atom stereocenters. The largest absolute Gasteiger partial charge is 0.352 e. The molecule has 0 saturated heterocycles. The van der Waals surface area contributed by atoms with E-state index in [1.54, 1.807) is 6.92 Å². The van der Waals surface area contributed by atoms with Gasteiger partial charge in [0.2, 0.25) is 5.91 Å². The molecule has 1 aliphatic carbocycles. The number of nitrogens with one attached hydrogen (secondary N) is 2. The minimum Gasteiger partial charge on any atom is -0.352 e. The van der Waals surface area contributed by atoms with E-state index in [1.807, 2.05) is 13.8 Å². The van der Waals surface area contributed by atoms with E-state index in [-0.39, 0.29) is 23.8 Å². The van der Waals surface area contributed by atoms with Crippen LogP contribution in [0.2, 0.25) is 0 Å². The Morgan fingerprint density at radius 1 is 1.18 bits per heavy atom. The number of carbonyl (C=O) groups excluding carboxylic acids is 2. The maximum atomic E-state index is 11.6. The van der Waals surface area contributed by atoms with Gasteiger partial charge in [-0.15, -0.1) is 0 Å². The van der Waals surface area contributed by atoms with Crippen LogP contribution in [0.3, 0.4) is 0 Å². The van der Waals surface area contributed by atoms with Crippen LogP contribution in [-0.4, -0.2) is 24.0 Å². The molecule has 0 bridgehead atoms. The van der Waals surface area contributed by atoms with Crippen LogP contribution in [0.5, 0.6) is 0 Å². The molecule has 98 valence electrons. The highest BCUT2D eigenvalue weighted by Gasteiger charge is 2.24. The Morgan fingerprint density at radius 3 is 2.29 bits per heavy atom. The van der Waals surface area contributed by atoms with Crippen molar-refractivity contribution in [2.45, 2.75) is 58.6 Å². The summed E-state index contributed by atoms with van der Waals surface area (Å²) in [5.74, 6) is -0.270. The quantitative estimate of drug-likeness (QED) is 0.710. The van der Waals surface area contributed by atoms with Crippen LogP contribution in [0, 0.1) is 5.92 Å². The molecule has 0 aromatic heterocycles. The lowest BCUT2D eigenvalue weighted by atomic mass is 10.1. The van der Waals surface area contributed by atoms with E-state index in [0.717, 1.165) is 25.7 Å². The summed E-state index contributed by atoms with van der Waals surface area (Å²) in [6, 6.07) is 0.0686. The Bertz CT molecular complexity index is 273. The second-order valence-corrected chi connectivity index (χ2v) is 4.87. The second kappa shape index (κ2) is 6.59. The van der Waals surface area contributed by atoms with E-state index in [2.05, 4.69) is 10.8 Å². The van der Waals surface area contributed by atoms with E-state index in [4.69, 9.17) is 4.84 Å². The molecule has 17 heavy (non-hydrogen) atoms. The van der Waals surface area contributed by atoms with Gasteiger partial charge < -0.3 is 5.32 Å². The predicted molar refractivity (Wildman–Crippen MR) is 63.9 cm³/mol. The lowest BCUT2D eigenvalue weighted by molar-refractivity contribution is -0.149. The van der Waals surface area contributed by atoms with Gasteiger partial charge in [0.25, 0.3) is 5.91 Å². The van der Waals surface area contributed by atoms with E-state index in [1.165, 1.54) is 0 Å². The Labute approximate surface area is 102 Å². The Hall–Kier alpha value is -1.10. The minimum absolute atomic E-state index is 0.0513. The summed E-state index contributed by atoms with van der Waals surface area (Å²) in [7, 11) is 0. The first-order valence-electron chi connectivity index (χ1n) is 6.26. The van der Waals surface area contributed by atoms with Gasteiger partial charge in [0.15, 0.2) is 6.10 Å². The lowest BCUT2D eigenvalue weighted by Gasteiger charge is -2.16. The van der Waals surface area contributed by atoms with Crippen molar-refractivity contribution < 1.29 is 14.4 Å². The standard InChI is InChI=1S/C12H22N2O3/c1-8(2)13-11(15)9(3)17-14-12(16)10-6-4-5-7-10/h8-10H,4-7H2,1-3H3,(H,13,15)(H,14,16). The number of rotatable bonds is 5. The van der Waals surface area contributed by atoms with Crippen molar-refractivity contribution in [2.75, 3.05) is 0 Å². The molecule has 1 unspecified atom stereocenters. The molecule has 0 spiro atoms. The van der Waals surface area contributed by atoms with Gasteiger partial charge in [-0.2, -0.15) is 0 Å². The van der Waals surface area contributed by atoms with Crippen molar-refractivity contribution in [3.8, 4) is 0 Å². The van der Waals surface area contributed by atoms with Crippen molar-refractivity contribution in [1.82, 2.24) is 10.8 Å². The highest BCUT2D eigenvalue weighted by atomic mass is 16.7. The van der Waals surface area contributed by atoms with Gasteiger partial charge in [0.05, 0.1) is 0 Å². The highest BCUT2D eigenvalue weighted by molar-refractivity contribution is 5.81. The number of hydroxylamine groups is 1. The van der Waals surface area contributed by atoms with Crippen LogP contribution in [0.15, 0.2) is 0 Å². The van der Waals surface area contributed by atoms with E-state index >= 15 is 0 Å². The molecule has 2 amide bonds. The van der Waals surface area contributed by atoms with Crippen LogP contribution >= 0.6 is 0 Å². The van der Waals surface area contributed by atoms with Crippen molar-refractivity contribution in [2.24, 2.45) is 5.92 Å². The Morgan fingerprint density at radius 2 is 1.76 bits per heavy atom. The van der Waals surface area contributed by atoms with Gasteiger partial charge in [0.1, 0.15) is 0 Å². The molecule has 0 aliphatic heterocycles. The van der Waals surface area contributed by atoms with Gasteiger partial charge in [-0.05, 0) is 33.6 Å². The van der Waals surface area contributed by atoms with Crippen LogP contribution in [-0.2, 0) is 14.4 Å². The molecule has 1 saturated carbocycles. The molecular formula is C12H22N2O3. The smallest absolute Gasteiger partial charge is 0.251 e. The van der Waals surface area contributed by atoms with Crippen LogP contribution < -0.4 is 10.8 Å². The Kier molecular flexibility index (Phi) is 5.41. The molecule has 5 heteroatoms. The lowest BCUT2D eigenvalue weighted by Crippen LogP contribution is -2.42. The topological polar surface area (TPSA) is 67.4 Å². The van der Waals surface area contributed by atoms with E-state index < -0.39 is 6.10 Å². The third-order valence-corrected chi connectivity index (χ3v) is 2.86. The monoisotopic (exact) mass is 242 g/mol. The van der Waals surface area contributed by atoms with Crippen LogP contribution in [0.1, 0.15) is 46.5 Å². The highest BCUT2D eigenvalue weighted by Crippen LogP contribution is 2.24. The summed E-state index contributed by atoms with van der Waals surface area (Å²) < 4.78 is 0. The number of amides is 2. The molecule has 5 nitrogen and oxygen atoms in total. The summed E-state index contributed by atoms with van der Waals surface area (Å²) in [4.78, 5) is 28.2. The zero-order valence-corrected chi connectivity index (χ0v) is 10.8. The average Bonchev–Trinajstić information content (AvgIpc) is 2.77. The second-order valence-electron chi connectivity index (χ2n) is 4.87. The molecule has 0 aromatic rings. The molecule has 0 aromatic carbocycles. The number of hydrogen-bond acceptors (Lipinski definition) is 3. The van der Waals surface area contributed by atoms with Crippen molar-refractivity contribution >= 4 is 11.8 Å². The average molecular weight is 242 g/mol. The summed E-state index contributed by atoms with van der Waals surface area (Å²) in [5, 5.41) is 2.72. The third-order valence-electron chi connectivity index (χ3n) is 2.86. The number of carbonyl (C=O) groups is 2. The summed E-state index contributed by atoms with van der Waals surface area (Å²) in [6.45, 7) is 5.37. The minimum atomic E-state index is -0.664. The third kappa shape index (κ3) is 4.73. The maximum Gasteiger partial charge on any atom is 0.251 e. The Balaban J connectivity index is 2.24. The van der Waals surface area contributed by atoms with Gasteiger partial charge in [-0.1, -0.05) is 12.8 Å². The fourth-order valence-corrected chi connectivity index (χ4v) is 1.87. The summed E-state index contributed by atoms with van der Waals surface area (Å²) in [5.41, 5.74) is 2.38. The molecular weight excluding hydrogens is 220 g/mol. The molecule has 1 rings (SSSR count).